The molecule has 0 unspecified atom stereocenters. The molecule has 0 aliphatic carbocycles. The summed E-state index contributed by atoms with van der Waals surface area (Å²) in [6.45, 7) is 6.68. The van der Waals surface area contributed by atoms with Crippen molar-refractivity contribution in [3.8, 4) is 5.69 Å². The van der Waals surface area contributed by atoms with Crippen molar-refractivity contribution < 1.29 is 14.0 Å². The van der Waals surface area contributed by atoms with Crippen molar-refractivity contribution >= 4 is 11.8 Å². The Labute approximate surface area is 177 Å². The smallest absolute Gasteiger partial charge is 0.255 e. The highest BCUT2D eigenvalue weighted by Gasteiger charge is 2.32. The number of piperidine rings is 2. The van der Waals surface area contributed by atoms with Gasteiger partial charge in [0.25, 0.3) is 5.91 Å². The molecule has 2 aliphatic heterocycles. The largest absolute Gasteiger partial charge is 0.342 e. The first-order chi connectivity index (χ1) is 14.5. The summed E-state index contributed by atoms with van der Waals surface area (Å²) in [6, 6.07) is 8.45. The van der Waals surface area contributed by atoms with E-state index in [0.717, 1.165) is 37.3 Å². The first-order valence-electron chi connectivity index (χ1n) is 11.0. The molecule has 30 heavy (non-hydrogen) atoms. The summed E-state index contributed by atoms with van der Waals surface area (Å²) in [5.74, 6) is -0.0533. The molecule has 5 nitrogen and oxygen atoms in total. The summed E-state index contributed by atoms with van der Waals surface area (Å²) in [7, 11) is 0. The molecule has 0 radical (unpaired) electrons. The molecule has 6 heteroatoms. The van der Waals surface area contributed by atoms with Crippen LogP contribution in [0.5, 0.6) is 0 Å². The molecule has 2 aromatic rings. The molecule has 4 rings (SSSR count). The summed E-state index contributed by atoms with van der Waals surface area (Å²) in [5, 5.41) is 0. The van der Waals surface area contributed by atoms with Crippen molar-refractivity contribution in [3.63, 3.8) is 0 Å². The Hall–Kier alpha value is -2.63. The predicted molar refractivity (Wildman–Crippen MR) is 114 cm³/mol. The molecule has 3 heterocycles. The topological polar surface area (TPSA) is 45.6 Å². The maximum absolute atomic E-state index is 14.3. The van der Waals surface area contributed by atoms with E-state index in [0.29, 0.717) is 37.2 Å². The lowest BCUT2D eigenvalue weighted by Crippen LogP contribution is -2.45. The minimum absolute atomic E-state index is 0.0259. The Morgan fingerprint density at radius 3 is 2.27 bits per heavy atom. The van der Waals surface area contributed by atoms with Gasteiger partial charge in [0.1, 0.15) is 5.82 Å². The first-order valence-corrected chi connectivity index (χ1v) is 11.0. The van der Waals surface area contributed by atoms with Crippen LogP contribution in [0.3, 0.4) is 0 Å². The van der Waals surface area contributed by atoms with Crippen LogP contribution in [0.25, 0.3) is 5.69 Å². The second kappa shape index (κ2) is 8.62. The van der Waals surface area contributed by atoms with Crippen molar-refractivity contribution in [3.05, 3.63) is 53.1 Å². The van der Waals surface area contributed by atoms with E-state index in [9.17, 15) is 14.0 Å². The number of likely N-dealkylation sites (tertiary alicyclic amines) is 2. The number of carbonyl (C=O) groups is 2. The highest BCUT2D eigenvalue weighted by molar-refractivity contribution is 5.96. The monoisotopic (exact) mass is 411 g/mol. The number of halogens is 1. The molecule has 2 aliphatic rings. The molecule has 0 N–H and O–H groups in total. The second-order valence-electron chi connectivity index (χ2n) is 8.52. The molecule has 2 amide bonds. The molecular weight excluding hydrogens is 381 g/mol. The van der Waals surface area contributed by atoms with Crippen molar-refractivity contribution in [1.82, 2.24) is 14.4 Å². The van der Waals surface area contributed by atoms with Gasteiger partial charge in [0, 0.05) is 43.5 Å². The van der Waals surface area contributed by atoms with E-state index >= 15 is 0 Å². The van der Waals surface area contributed by atoms with E-state index in [1.54, 1.807) is 22.8 Å². The summed E-state index contributed by atoms with van der Waals surface area (Å²) in [5.41, 5.74) is 2.64. The number of amides is 2. The first kappa shape index (κ1) is 20.6. The van der Waals surface area contributed by atoms with Crippen LogP contribution in [0.15, 0.2) is 30.3 Å². The predicted octanol–water partition coefficient (Wildman–Crippen LogP) is 4.10. The summed E-state index contributed by atoms with van der Waals surface area (Å²) in [6.07, 6.45) is 4.84. The van der Waals surface area contributed by atoms with Gasteiger partial charge in [-0.15, -0.1) is 0 Å². The lowest BCUT2D eigenvalue weighted by Gasteiger charge is -2.35. The number of hydrogen-bond acceptors (Lipinski definition) is 2. The molecular formula is C24H30FN3O2. The van der Waals surface area contributed by atoms with Crippen LogP contribution in [-0.4, -0.2) is 52.4 Å². The average Bonchev–Trinajstić information content (AvgIpc) is 3.07. The van der Waals surface area contributed by atoms with E-state index < -0.39 is 0 Å². The Morgan fingerprint density at radius 1 is 0.933 bits per heavy atom. The third-order valence-corrected chi connectivity index (χ3v) is 6.55. The van der Waals surface area contributed by atoms with Crippen LogP contribution in [0.2, 0.25) is 0 Å². The maximum atomic E-state index is 14.3. The fourth-order valence-electron chi connectivity index (χ4n) is 4.86. The maximum Gasteiger partial charge on any atom is 0.255 e. The molecule has 0 saturated carbocycles. The summed E-state index contributed by atoms with van der Waals surface area (Å²) >= 11 is 0. The standard InChI is InChI=1S/C24H30FN3O2/c1-17-16-20(18(2)28(17)22-9-5-4-8-21(22)25)24(30)27-14-10-19(11-15-27)23(29)26-12-6-3-7-13-26/h4-5,8-9,16,19H,3,6-7,10-15H2,1-2H3. The van der Waals surface area contributed by atoms with Gasteiger partial charge in [-0.25, -0.2) is 4.39 Å². The molecule has 1 aromatic carbocycles. The number of aromatic nitrogens is 1. The number of benzene rings is 1. The van der Waals surface area contributed by atoms with Gasteiger partial charge in [0.05, 0.1) is 11.3 Å². The molecule has 0 atom stereocenters. The third-order valence-electron chi connectivity index (χ3n) is 6.55. The normalized spacial score (nSPS) is 18.0. The quantitative estimate of drug-likeness (QED) is 0.763. The number of hydrogen-bond donors (Lipinski definition) is 0. The summed E-state index contributed by atoms with van der Waals surface area (Å²) in [4.78, 5) is 29.8. The highest BCUT2D eigenvalue weighted by Crippen LogP contribution is 2.27. The van der Waals surface area contributed by atoms with Crippen LogP contribution in [0.4, 0.5) is 4.39 Å². The number of para-hydroxylation sites is 1. The number of rotatable bonds is 3. The van der Waals surface area contributed by atoms with Crippen LogP contribution in [0, 0.1) is 25.6 Å². The van der Waals surface area contributed by atoms with Gasteiger partial charge in [-0.1, -0.05) is 12.1 Å². The highest BCUT2D eigenvalue weighted by atomic mass is 19.1. The van der Waals surface area contributed by atoms with Crippen molar-refractivity contribution in [1.29, 1.82) is 0 Å². The molecule has 2 saturated heterocycles. The van der Waals surface area contributed by atoms with Gasteiger partial charge in [-0.3, -0.25) is 9.59 Å². The molecule has 0 bridgehead atoms. The zero-order valence-electron chi connectivity index (χ0n) is 17.9. The van der Waals surface area contributed by atoms with E-state index in [-0.39, 0.29) is 23.5 Å². The van der Waals surface area contributed by atoms with Gasteiger partial charge >= 0.3 is 0 Å². The van der Waals surface area contributed by atoms with Gasteiger partial charge in [-0.05, 0) is 64.2 Å². The molecule has 0 spiro atoms. The molecule has 1 aromatic heterocycles. The minimum Gasteiger partial charge on any atom is -0.342 e. The summed E-state index contributed by atoms with van der Waals surface area (Å²) < 4.78 is 16.1. The van der Waals surface area contributed by atoms with Gasteiger partial charge in [-0.2, -0.15) is 0 Å². The van der Waals surface area contributed by atoms with Crippen molar-refractivity contribution in [2.75, 3.05) is 26.2 Å². The molecule has 160 valence electrons. The van der Waals surface area contributed by atoms with Gasteiger partial charge in [0.2, 0.25) is 5.91 Å². The van der Waals surface area contributed by atoms with E-state index in [1.807, 2.05) is 29.7 Å². The number of aryl methyl sites for hydroxylation is 1. The fraction of sp³-hybridized carbons (Fsp3) is 0.500. The van der Waals surface area contributed by atoms with Crippen LogP contribution in [0.1, 0.15) is 53.8 Å². The average molecular weight is 412 g/mol. The zero-order chi connectivity index (χ0) is 21.3. The van der Waals surface area contributed by atoms with Crippen LogP contribution in [-0.2, 0) is 4.79 Å². The lowest BCUT2D eigenvalue weighted by atomic mass is 9.94. The Morgan fingerprint density at radius 2 is 1.60 bits per heavy atom. The molecule has 2 fully saturated rings. The fourth-order valence-corrected chi connectivity index (χ4v) is 4.86. The van der Waals surface area contributed by atoms with E-state index in [4.69, 9.17) is 0 Å². The van der Waals surface area contributed by atoms with Gasteiger partial charge < -0.3 is 14.4 Å². The van der Waals surface area contributed by atoms with E-state index in [2.05, 4.69) is 0 Å². The minimum atomic E-state index is -0.310. The number of carbonyl (C=O) groups excluding carboxylic acids is 2. The van der Waals surface area contributed by atoms with Crippen LogP contribution < -0.4 is 0 Å². The third kappa shape index (κ3) is 3.87. The van der Waals surface area contributed by atoms with E-state index in [1.165, 1.54) is 12.5 Å². The van der Waals surface area contributed by atoms with Crippen LogP contribution >= 0.6 is 0 Å². The Bertz CT molecular complexity index is 938. The number of nitrogens with zero attached hydrogens (tertiary/aromatic N) is 3. The van der Waals surface area contributed by atoms with Crippen molar-refractivity contribution in [2.24, 2.45) is 5.92 Å². The SMILES string of the molecule is Cc1cc(C(=O)N2CCC(C(=O)N3CCCCC3)CC2)c(C)n1-c1ccccc1F. The Balaban J connectivity index is 1.45. The van der Waals surface area contributed by atoms with Crippen molar-refractivity contribution in [2.45, 2.75) is 46.0 Å². The Kier molecular flexibility index (Phi) is 5.93. The second-order valence-corrected chi connectivity index (χ2v) is 8.52. The van der Waals surface area contributed by atoms with Gasteiger partial charge in [0.15, 0.2) is 0 Å². The lowest BCUT2D eigenvalue weighted by molar-refractivity contribution is -0.137. The zero-order valence-corrected chi connectivity index (χ0v) is 17.9.